The van der Waals surface area contributed by atoms with Crippen molar-refractivity contribution in [2.75, 3.05) is 86.7 Å². The van der Waals surface area contributed by atoms with E-state index in [1.807, 2.05) is 46.2 Å². The highest BCUT2D eigenvalue weighted by atomic mass is 35.5. The minimum atomic E-state index is -4.33. The van der Waals surface area contributed by atoms with Crippen molar-refractivity contribution in [1.29, 1.82) is 0 Å². The van der Waals surface area contributed by atoms with Gasteiger partial charge in [-0.1, -0.05) is 48.0 Å². The van der Waals surface area contributed by atoms with Gasteiger partial charge in [-0.05, 0) is 136 Å². The number of nitrogen functional groups attached to an aromatic ring is 2. The first-order valence-corrected chi connectivity index (χ1v) is 23.3. The fourth-order valence-electron chi connectivity index (χ4n) is 8.69. The van der Waals surface area contributed by atoms with Crippen molar-refractivity contribution in [3.63, 3.8) is 0 Å². The maximum Gasteiger partial charge on any atom is 0.416 e. The zero-order valence-electron chi connectivity index (χ0n) is 37.7. The first-order valence-electron chi connectivity index (χ1n) is 22.9. The molecule has 2 aromatic heterocycles. The molecule has 2 saturated heterocycles. The Kier molecular flexibility index (Phi) is 16.9. The molecule has 0 saturated carbocycles. The molecule has 8 nitrogen and oxygen atoms in total. The molecule has 0 aliphatic carbocycles. The van der Waals surface area contributed by atoms with Crippen LogP contribution in [0.2, 0.25) is 5.02 Å². The van der Waals surface area contributed by atoms with Crippen LogP contribution in [0.3, 0.4) is 0 Å². The number of nitrogens with zero attached hydrogens (tertiary/aromatic N) is 6. The van der Waals surface area contributed by atoms with Gasteiger partial charge in [0.15, 0.2) is 0 Å². The van der Waals surface area contributed by atoms with Crippen molar-refractivity contribution >= 4 is 34.4 Å². The SMILES string of the molecule is Nc1c(-c2ccc(Cl)cc2)ccnc1CCCCN1CCN(c2cccc(C(F)(F)F)c2)CC1.Nc1c(-c2cccc(F)c2)ccnc1CCCCN1CCN(c2cccc(C(F)(F)F)c2)CC1. The maximum atomic E-state index is 13.6. The summed E-state index contributed by atoms with van der Waals surface area (Å²) in [4.78, 5) is 17.6. The van der Waals surface area contributed by atoms with Gasteiger partial charge < -0.3 is 21.3 Å². The summed E-state index contributed by atoms with van der Waals surface area (Å²) < 4.78 is 91.5. The molecule has 0 spiro atoms. The number of halogens is 8. The predicted octanol–water partition coefficient (Wildman–Crippen LogP) is 11.8. The Bertz CT molecular complexity index is 2560. The van der Waals surface area contributed by atoms with Gasteiger partial charge >= 0.3 is 12.4 Å². The van der Waals surface area contributed by atoms with Crippen molar-refractivity contribution in [2.24, 2.45) is 0 Å². The summed E-state index contributed by atoms with van der Waals surface area (Å²) in [6.07, 6.45) is 0.257. The van der Waals surface area contributed by atoms with Gasteiger partial charge in [-0.25, -0.2) is 4.39 Å². The van der Waals surface area contributed by atoms with Crippen molar-refractivity contribution in [3.05, 3.63) is 155 Å². The Balaban J connectivity index is 0.000000201. The molecule has 0 amide bonds. The third-order valence-electron chi connectivity index (χ3n) is 12.5. The quantitative estimate of drug-likeness (QED) is 0.0824. The van der Waals surface area contributed by atoms with Crippen molar-refractivity contribution < 1.29 is 30.7 Å². The Labute approximate surface area is 398 Å². The molecule has 68 heavy (non-hydrogen) atoms. The number of piperazine rings is 2. The molecule has 6 aromatic rings. The van der Waals surface area contributed by atoms with Crippen LogP contribution >= 0.6 is 11.6 Å². The minimum Gasteiger partial charge on any atom is -0.397 e. The van der Waals surface area contributed by atoms with Gasteiger partial charge in [-0.15, -0.1) is 0 Å². The standard InChI is InChI=1S/C26H28ClF3N4.C26H28F4N4/c27-21-9-7-19(8-10-21)23-11-12-32-24(25(23)31)6-1-2-13-33-14-16-34(17-15-33)22-5-3-4-20(18-22)26(28,29)30;27-21-7-3-5-19(17-21)23-10-11-32-24(25(23)31)9-1-2-12-33-13-15-34(16-14-33)22-8-4-6-20(18-22)26(28,29)30/h3-5,7-12,18H,1-2,6,13-17,31H2;3-8,10-11,17-18H,1-2,9,12-16,31H2. The number of rotatable bonds is 14. The van der Waals surface area contributed by atoms with Crippen LogP contribution in [0, 0.1) is 5.82 Å². The number of benzene rings is 4. The van der Waals surface area contributed by atoms with Gasteiger partial charge in [0.05, 0.1) is 33.9 Å². The minimum absolute atomic E-state index is 0.302. The third-order valence-corrected chi connectivity index (χ3v) is 12.8. The molecule has 360 valence electrons. The van der Waals surface area contributed by atoms with Crippen LogP contribution in [-0.4, -0.2) is 85.2 Å². The lowest BCUT2D eigenvalue weighted by molar-refractivity contribution is -0.138. The zero-order chi connectivity index (χ0) is 48.3. The Hall–Kier alpha value is -5.90. The van der Waals surface area contributed by atoms with Crippen LogP contribution in [0.25, 0.3) is 22.3 Å². The number of anilines is 4. The molecule has 2 aliphatic rings. The van der Waals surface area contributed by atoms with Crippen LogP contribution in [0.5, 0.6) is 0 Å². The van der Waals surface area contributed by atoms with Crippen LogP contribution in [0.1, 0.15) is 48.2 Å². The molecule has 2 fully saturated rings. The fraction of sp³-hybridized carbons (Fsp3) is 0.346. The lowest BCUT2D eigenvalue weighted by Gasteiger charge is -2.36. The first kappa shape index (κ1) is 50.0. The summed E-state index contributed by atoms with van der Waals surface area (Å²) in [5.74, 6) is -0.302. The molecular weight excluding hydrogens is 905 g/mol. The zero-order valence-corrected chi connectivity index (χ0v) is 38.5. The highest BCUT2D eigenvalue weighted by molar-refractivity contribution is 6.30. The Morgan fingerprint density at radius 2 is 0.941 bits per heavy atom. The summed E-state index contributed by atoms with van der Waals surface area (Å²) in [6, 6.07) is 28.8. The molecule has 2 aliphatic heterocycles. The molecule has 0 radical (unpaired) electrons. The number of hydrogen-bond acceptors (Lipinski definition) is 8. The average Bonchev–Trinajstić information content (AvgIpc) is 3.33. The number of aromatic nitrogens is 2. The molecule has 4 heterocycles. The Morgan fingerprint density at radius 1 is 0.500 bits per heavy atom. The van der Waals surface area contributed by atoms with Gasteiger partial charge in [0, 0.05) is 92.3 Å². The molecule has 4 aromatic carbocycles. The van der Waals surface area contributed by atoms with Gasteiger partial charge in [-0.3, -0.25) is 19.8 Å². The van der Waals surface area contributed by atoms with Crippen molar-refractivity contribution in [2.45, 2.75) is 50.9 Å². The van der Waals surface area contributed by atoms with Gasteiger partial charge in [0.25, 0.3) is 0 Å². The molecule has 0 bridgehead atoms. The second-order valence-electron chi connectivity index (χ2n) is 17.1. The molecular formula is C52H56ClF7N8. The van der Waals surface area contributed by atoms with E-state index in [1.165, 1.54) is 36.4 Å². The topological polar surface area (TPSA) is 90.8 Å². The summed E-state index contributed by atoms with van der Waals surface area (Å²) in [5.41, 5.74) is 19.3. The van der Waals surface area contributed by atoms with E-state index in [4.69, 9.17) is 23.1 Å². The normalized spacial score (nSPS) is 15.0. The van der Waals surface area contributed by atoms with Crippen molar-refractivity contribution in [1.82, 2.24) is 19.8 Å². The number of nitrogens with two attached hydrogens (primary N) is 2. The first-order chi connectivity index (χ1) is 32.6. The van der Waals surface area contributed by atoms with E-state index in [0.717, 1.165) is 137 Å². The number of pyridine rings is 2. The predicted molar refractivity (Wildman–Crippen MR) is 259 cm³/mol. The third kappa shape index (κ3) is 13.6. The van der Waals surface area contributed by atoms with E-state index in [1.54, 1.807) is 36.7 Å². The van der Waals surface area contributed by atoms with E-state index < -0.39 is 23.5 Å². The van der Waals surface area contributed by atoms with E-state index in [2.05, 4.69) is 19.8 Å². The summed E-state index contributed by atoms with van der Waals surface area (Å²) in [7, 11) is 0. The summed E-state index contributed by atoms with van der Waals surface area (Å²) >= 11 is 5.99. The lowest BCUT2D eigenvalue weighted by Crippen LogP contribution is -2.46. The number of unbranched alkanes of at least 4 members (excludes halogenated alkanes) is 2. The van der Waals surface area contributed by atoms with E-state index in [0.29, 0.717) is 40.9 Å². The van der Waals surface area contributed by atoms with Gasteiger partial charge in [-0.2, -0.15) is 26.3 Å². The van der Waals surface area contributed by atoms with Crippen LogP contribution in [0.4, 0.5) is 53.5 Å². The average molecular weight is 962 g/mol. The maximum absolute atomic E-state index is 13.6. The second-order valence-corrected chi connectivity index (χ2v) is 17.6. The molecule has 0 atom stereocenters. The molecule has 8 rings (SSSR count). The summed E-state index contributed by atoms with van der Waals surface area (Å²) in [5, 5.41) is 0.687. The molecule has 16 heteroatoms. The lowest BCUT2D eigenvalue weighted by atomic mass is 10.0. The summed E-state index contributed by atoms with van der Waals surface area (Å²) in [6.45, 7) is 8.00. The van der Waals surface area contributed by atoms with E-state index >= 15 is 0 Å². The van der Waals surface area contributed by atoms with Crippen molar-refractivity contribution in [3.8, 4) is 22.3 Å². The van der Waals surface area contributed by atoms with E-state index in [-0.39, 0.29) is 5.82 Å². The molecule has 4 N–H and O–H groups in total. The van der Waals surface area contributed by atoms with Crippen LogP contribution < -0.4 is 21.3 Å². The monoisotopic (exact) mass is 960 g/mol. The Morgan fingerprint density at radius 3 is 1.38 bits per heavy atom. The van der Waals surface area contributed by atoms with Crippen LogP contribution in [0.15, 0.2) is 122 Å². The fourth-order valence-corrected chi connectivity index (χ4v) is 8.82. The second kappa shape index (κ2) is 22.9. The highest BCUT2D eigenvalue weighted by Gasteiger charge is 2.32. The van der Waals surface area contributed by atoms with E-state index in [9.17, 15) is 30.7 Å². The molecule has 0 unspecified atom stereocenters. The largest absolute Gasteiger partial charge is 0.416 e. The highest BCUT2D eigenvalue weighted by Crippen LogP contribution is 2.34. The van der Waals surface area contributed by atoms with Gasteiger partial charge in [0.2, 0.25) is 0 Å². The number of alkyl halides is 6. The van der Waals surface area contributed by atoms with Gasteiger partial charge in [0.1, 0.15) is 5.82 Å². The number of aryl methyl sites for hydroxylation is 2. The number of hydrogen-bond donors (Lipinski definition) is 2. The van der Waals surface area contributed by atoms with Crippen LogP contribution in [-0.2, 0) is 25.2 Å². The smallest absolute Gasteiger partial charge is 0.397 e.